The first-order valence-electron chi connectivity index (χ1n) is 12.4. The lowest BCUT2D eigenvalue weighted by Crippen LogP contribution is -2.24. The van der Waals surface area contributed by atoms with Gasteiger partial charge in [0, 0.05) is 31.1 Å². The molecule has 4 aromatic rings. The van der Waals surface area contributed by atoms with Crippen molar-refractivity contribution < 1.29 is 14.3 Å². The van der Waals surface area contributed by atoms with Crippen LogP contribution in [0.1, 0.15) is 37.1 Å². The highest BCUT2D eigenvalue weighted by molar-refractivity contribution is 5.96. The van der Waals surface area contributed by atoms with E-state index in [9.17, 15) is 4.79 Å². The molecule has 1 atom stereocenters. The van der Waals surface area contributed by atoms with Gasteiger partial charge in [-0.2, -0.15) is 0 Å². The first-order chi connectivity index (χ1) is 17.7. The van der Waals surface area contributed by atoms with Gasteiger partial charge in [-0.1, -0.05) is 48.6 Å². The molecule has 1 unspecified atom stereocenters. The average molecular weight is 482 g/mol. The normalized spacial score (nSPS) is 15.8. The fourth-order valence-corrected chi connectivity index (χ4v) is 4.88. The number of benzene rings is 3. The highest BCUT2D eigenvalue weighted by Crippen LogP contribution is 2.33. The fraction of sp³-hybridized carbons (Fsp3) is 0.267. The predicted molar refractivity (Wildman–Crippen MR) is 144 cm³/mol. The molecule has 1 amide bonds. The molecule has 1 aliphatic heterocycles. The molecule has 5 rings (SSSR count). The van der Waals surface area contributed by atoms with Crippen LogP contribution in [0.3, 0.4) is 0 Å². The molecular formula is C30H31N3O3. The molecule has 0 spiro atoms. The number of ether oxygens (including phenoxy) is 2. The number of hydrogen-bond donors (Lipinski definition) is 0. The third-order valence-electron chi connectivity index (χ3n) is 6.57. The van der Waals surface area contributed by atoms with E-state index in [1.165, 1.54) is 0 Å². The molecule has 1 aromatic heterocycles. The Labute approximate surface area is 211 Å². The first kappa shape index (κ1) is 23.7. The van der Waals surface area contributed by atoms with E-state index in [0.29, 0.717) is 19.6 Å². The van der Waals surface area contributed by atoms with Gasteiger partial charge in [0.2, 0.25) is 5.91 Å². The van der Waals surface area contributed by atoms with Gasteiger partial charge in [0.05, 0.1) is 24.8 Å². The van der Waals surface area contributed by atoms with Gasteiger partial charge in [-0.3, -0.25) is 4.79 Å². The number of rotatable bonds is 9. The lowest BCUT2D eigenvalue weighted by atomic mass is 10.1. The Kier molecular flexibility index (Phi) is 7.03. The number of imidazole rings is 1. The number of carbonyl (C=O) groups is 1. The number of methoxy groups -OCH3 is 1. The highest BCUT2D eigenvalue weighted by Gasteiger charge is 2.34. The van der Waals surface area contributed by atoms with Gasteiger partial charge in [-0.25, -0.2) is 4.98 Å². The average Bonchev–Trinajstić information content (AvgIpc) is 3.48. The third kappa shape index (κ3) is 4.85. The Morgan fingerprint density at radius 2 is 1.83 bits per heavy atom. The number of nitrogens with zero attached hydrogens (tertiary/aromatic N) is 3. The monoisotopic (exact) mass is 481 g/mol. The van der Waals surface area contributed by atoms with Crippen LogP contribution in [-0.2, 0) is 11.3 Å². The van der Waals surface area contributed by atoms with Crippen molar-refractivity contribution in [3.8, 4) is 11.5 Å². The molecule has 1 saturated heterocycles. The number of anilines is 1. The maximum Gasteiger partial charge on any atom is 0.227 e. The Balaban J connectivity index is 1.31. The molecule has 0 bridgehead atoms. The summed E-state index contributed by atoms with van der Waals surface area (Å²) in [5, 5.41) is 0. The van der Waals surface area contributed by atoms with Crippen molar-refractivity contribution in [1.29, 1.82) is 0 Å². The molecule has 1 aliphatic rings. The minimum atomic E-state index is 0.0466. The predicted octanol–water partition coefficient (Wildman–Crippen LogP) is 6.07. The molecule has 0 aliphatic carbocycles. The number of allylic oxidation sites excluding steroid dienone is 1. The number of aryl methyl sites for hydroxylation is 1. The standard InChI is InChI=1S/C30H31N3O3/c1-3-10-22-15-16-27(28(19-22)35-2)36-18-9-17-32-26-14-8-7-13-25(26)31-30(32)23-20-29(34)33(21-23)24-11-5-4-6-12-24/h3-8,10-16,19,23H,9,17-18,20-21H2,1-2H3/b10-3+. The number of carbonyl (C=O) groups excluding carboxylic acids is 1. The summed E-state index contributed by atoms with van der Waals surface area (Å²) in [5.74, 6) is 2.62. The number of amides is 1. The van der Waals surface area contributed by atoms with Crippen molar-refractivity contribution in [2.45, 2.75) is 32.2 Å². The van der Waals surface area contributed by atoms with E-state index in [-0.39, 0.29) is 11.8 Å². The zero-order valence-electron chi connectivity index (χ0n) is 20.8. The largest absolute Gasteiger partial charge is 0.493 e. The minimum absolute atomic E-state index is 0.0466. The van der Waals surface area contributed by atoms with Crippen LogP contribution in [0.4, 0.5) is 5.69 Å². The zero-order valence-corrected chi connectivity index (χ0v) is 20.8. The lowest BCUT2D eigenvalue weighted by Gasteiger charge is -2.17. The van der Waals surface area contributed by atoms with Crippen LogP contribution in [0.5, 0.6) is 11.5 Å². The van der Waals surface area contributed by atoms with Gasteiger partial charge >= 0.3 is 0 Å². The number of aromatic nitrogens is 2. The zero-order chi connectivity index (χ0) is 24.9. The van der Waals surface area contributed by atoms with Gasteiger partial charge in [0.1, 0.15) is 5.82 Å². The molecule has 6 heteroatoms. The Bertz CT molecular complexity index is 1380. The fourth-order valence-electron chi connectivity index (χ4n) is 4.88. The van der Waals surface area contributed by atoms with Crippen LogP contribution in [0, 0.1) is 0 Å². The summed E-state index contributed by atoms with van der Waals surface area (Å²) in [6.45, 7) is 3.93. The molecule has 0 saturated carbocycles. The molecule has 6 nitrogen and oxygen atoms in total. The summed E-state index contributed by atoms with van der Waals surface area (Å²) in [7, 11) is 1.66. The van der Waals surface area contributed by atoms with Crippen LogP contribution in [-0.4, -0.2) is 35.7 Å². The van der Waals surface area contributed by atoms with Crippen molar-refractivity contribution in [2.75, 3.05) is 25.2 Å². The topological polar surface area (TPSA) is 56.6 Å². The van der Waals surface area contributed by atoms with Crippen LogP contribution < -0.4 is 14.4 Å². The molecule has 3 aromatic carbocycles. The summed E-state index contributed by atoms with van der Waals surface area (Å²) >= 11 is 0. The van der Waals surface area contributed by atoms with E-state index in [0.717, 1.165) is 52.6 Å². The number of para-hydroxylation sites is 3. The number of fused-ring (bicyclic) bond motifs is 1. The molecule has 184 valence electrons. The van der Waals surface area contributed by atoms with Gasteiger partial charge in [-0.15, -0.1) is 0 Å². The van der Waals surface area contributed by atoms with E-state index < -0.39 is 0 Å². The Morgan fingerprint density at radius 3 is 2.64 bits per heavy atom. The molecule has 36 heavy (non-hydrogen) atoms. The third-order valence-corrected chi connectivity index (χ3v) is 6.57. The smallest absolute Gasteiger partial charge is 0.227 e. The van der Waals surface area contributed by atoms with Gasteiger partial charge in [-0.05, 0) is 55.3 Å². The maximum absolute atomic E-state index is 12.9. The first-order valence-corrected chi connectivity index (χ1v) is 12.4. The van der Waals surface area contributed by atoms with E-state index >= 15 is 0 Å². The summed E-state index contributed by atoms with van der Waals surface area (Å²) in [6, 6.07) is 24.0. The summed E-state index contributed by atoms with van der Waals surface area (Å²) in [5.41, 5.74) is 4.06. The quantitative estimate of drug-likeness (QED) is 0.272. The van der Waals surface area contributed by atoms with Gasteiger partial charge in [0.15, 0.2) is 11.5 Å². The summed E-state index contributed by atoms with van der Waals surface area (Å²) in [4.78, 5) is 19.7. The second-order valence-electron chi connectivity index (χ2n) is 8.96. The minimum Gasteiger partial charge on any atom is -0.493 e. The Morgan fingerprint density at radius 1 is 1.03 bits per heavy atom. The van der Waals surface area contributed by atoms with Crippen LogP contribution in [0.25, 0.3) is 17.1 Å². The lowest BCUT2D eigenvalue weighted by molar-refractivity contribution is -0.117. The van der Waals surface area contributed by atoms with Crippen LogP contribution >= 0.6 is 0 Å². The van der Waals surface area contributed by atoms with Crippen molar-refractivity contribution in [2.24, 2.45) is 0 Å². The van der Waals surface area contributed by atoms with Crippen molar-refractivity contribution >= 4 is 28.7 Å². The summed E-state index contributed by atoms with van der Waals surface area (Å²) in [6.07, 6.45) is 5.30. The molecule has 0 N–H and O–H groups in total. The Hall–Kier alpha value is -4.06. The second kappa shape index (κ2) is 10.7. The van der Waals surface area contributed by atoms with Gasteiger partial charge < -0.3 is 18.9 Å². The van der Waals surface area contributed by atoms with E-state index in [2.05, 4.69) is 10.6 Å². The SMILES string of the molecule is C/C=C/c1ccc(OCCCn2c(C3CC(=O)N(c4ccccc4)C3)nc3ccccc32)c(OC)c1. The van der Waals surface area contributed by atoms with Gasteiger partial charge in [0.25, 0.3) is 0 Å². The molecule has 2 heterocycles. The summed E-state index contributed by atoms with van der Waals surface area (Å²) < 4.78 is 13.9. The number of hydrogen-bond acceptors (Lipinski definition) is 4. The van der Waals surface area contributed by atoms with E-state index in [1.54, 1.807) is 7.11 Å². The van der Waals surface area contributed by atoms with E-state index in [1.807, 2.05) is 90.7 Å². The molecule has 1 fully saturated rings. The second-order valence-corrected chi connectivity index (χ2v) is 8.96. The van der Waals surface area contributed by atoms with Crippen molar-refractivity contribution in [3.05, 3.63) is 90.3 Å². The maximum atomic E-state index is 12.9. The molecular weight excluding hydrogens is 450 g/mol. The highest BCUT2D eigenvalue weighted by atomic mass is 16.5. The van der Waals surface area contributed by atoms with Crippen molar-refractivity contribution in [3.63, 3.8) is 0 Å². The van der Waals surface area contributed by atoms with Crippen LogP contribution in [0.2, 0.25) is 0 Å². The van der Waals surface area contributed by atoms with Crippen LogP contribution in [0.15, 0.2) is 78.9 Å². The van der Waals surface area contributed by atoms with E-state index in [4.69, 9.17) is 14.5 Å². The molecule has 0 radical (unpaired) electrons. The van der Waals surface area contributed by atoms with Crippen molar-refractivity contribution in [1.82, 2.24) is 9.55 Å².